The monoisotopic (exact) mass is 459 g/mol. The van der Waals surface area contributed by atoms with Gasteiger partial charge in [0, 0.05) is 12.1 Å². The number of nitrogens with one attached hydrogen (secondary N) is 2. The van der Waals surface area contributed by atoms with E-state index in [1.165, 1.54) is 57.9 Å². The van der Waals surface area contributed by atoms with Crippen molar-refractivity contribution in [2.75, 3.05) is 25.0 Å². The Morgan fingerprint density at radius 2 is 1.69 bits per heavy atom. The summed E-state index contributed by atoms with van der Waals surface area (Å²) in [4.78, 5) is 24.3. The van der Waals surface area contributed by atoms with Crippen LogP contribution < -0.4 is 10.6 Å². The molecule has 2 amide bonds. The second-order valence-electron chi connectivity index (χ2n) is 10.5. The topological polar surface area (TPSA) is 88.0 Å². The van der Waals surface area contributed by atoms with E-state index < -0.39 is 0 Å². The Kier molecular flexibility index (Phi) is 6.01. The normalized spacial score (nSPS) is 31.4. The highest BCUT2D eigenvalue weighted by molar-refractivity contribution is 5.97. The minimum Gasteiger partial charge on any atom is -0.332 e. The number of amides is 2. The SMILES string of the molecule is Cl.O=C(Nc1ncnc2c1cnn2CCN1CCCCC1)NC12CC3CC(CC(C3)C1)C2. The van der Waals surface area contributed by atoms with E-state index in [1.807, 2.05) is 4.68 Å². The number of likely N-dealkylation sites (tertiary alicyclic amines) is 1. The summed E-state index contributed by atoms with van der Waals surface area (Å²) >= 11 is 0. The fourth-order valence-corrected chi connectivity index (χ4v) is 7.22. The van der Waals surface area contributed by atoms with Crippen LogP contribution in [0.4, 0.5) is 10.6 Å². The fraction of sp³-hybridized carbons (Fsp3) is 0.739. The molecule has 2 N–H and O–H groups in total. The summed E-state index contributed by atoms with van der Waals surface area (Å²) in [5.41, 5.74) is 0.779. The third-order valence-electron chi connectivity index (χ3n) is 8.16. The zero-order valence-electron chi connectivity index (χ0n) is 18.6. The van der Waals surface area contributed by atoms with Crippen LogP contribution in [-0.2, 0) is 6.54 Å². The van der Waals surface area contributed by atoms with Gasteiger partial charge in [-0.1, -0.05) is 6.42 Å². The first-order valence-electron chi connectivity index (χ1n) is 12.1. The average molecular weight is 460 g/mol. The van der Waals surface area contributed by atoms with Crippen molar-refractivity contribution < 1.29 is 4.79 Å². The highest BCUT2D eigenvalue weighted by Gasteiger charge is 2.51. The summed E-state index contributed by atoms with van der Waals surface area (Å²) in [6.45, 7) is 4.13. The minimum absolute atomic E-state index is 0. The van der Waals surface area contributed by atoms with Crippen molar-refractivity contribution in [2.45, 2.75) is 69.9 Å². The smallest absolute Gasteiger partial charge is 0.320 e. The summed E-state index contributed by atoms with van der Waals surface area (Å²) in [6, 6.07) is -0.136. The number of urea groups is 1. The quantitative estimate of drug-likeness (QED) is 0.709. The number of aromatic nitrogens is 4. The zero-order chi connectivity index (χ0) is 20.8. The minimum atomic E-state index is -0.136. The van der Waals surface area contributed by atoms with Crippen LogP contribution in [0.1, 0.15) is 57.8 Å². The molecule has 1 aliphatic heterocycles. The third-order valence-corrected chi connectivity index (χ3v) is 8.16. The van der Waals surface area contributed by atoms with E-state index in [-0.39, 0.29) is 24.0 Å². The van der Waals surface area contributed by atoms with Crippen LogP contribution in [0.25, 0.3) is 11.0 Å². The van der Waals surface area contributed by atoms with Gasteiger partial charge in [-0.3, -0.25) is 5.32 Å². The molecule has 2 aromatic rings. The van der Waals surface area contributed by atoms with Crippen molar-refractivity contribution in [3.63, 3.8) is 0 Å². The van der Waals surface area contributed by atoms with Crippen molar-refractivity contribution in [1.82, 2.24) is 30.0 Å². The van der Waals surface area contributed by atoms with Gasteiger partial charge in [-0.05, 0) is 82.2 Å². The molecule has 5 aliphatic rings. The number of halogens is 1. The molecule has 4 bridgehead atoms. The highest BCUT2D eigenvalue weighted by Crippen LogP contribution is 2.55. The predicted octanol–water partition coefficient (Wildman–Crippen LogP) is 3.82. The Morgan fingerprint density at radius 3 is 2.38 bits per heavy atom. The molecule has 0 radical (unpaired) electrons. The van der Waals surface area contributed by atoms with E-state index in [4.69, 9.17) is 0 Å². The molecule has 0 aromatic carbocycles. The first kappa shape index (κ1) is 21.9. The fourth-order valence-electron chi connectivity index (χ4n) is 7.22. The van der Waals surface area contributed by atoms with Gasteiger partial charge in [0.15, 0.2) is 5.65 Å². The molecule has 4 aliphatic carbocycles. The molecule has 7 rings (SSSR count). The van der Waals surface area contributed by atoms with Gasteiger partial charge in [0.2, 0.25) is 0 Å². The lowest BCUT2D eigenvalue weighted by Gasteiger charge is -2.56. The van der Waals surface area contributed by atoms with Gasteiger partial charge in [0.05, 0.1) is 18.1 Å². The van der Waals surface area contributed by atoms with Crippen LogP contribution in [0.2, 0.25) is 0 Å². The first-order chi connectivity index (χ1) is 15.2. The third kappa shape index (κ3) is 4.19. The van der Waals surface area contributed by atoms with Gasteiger partial charge < -0.3 is 10.2 Å². The first-order valence-corrected chi connectivity index (χ1v) is 12.1. The molecular weight excluding hydrogens is 426 g/mol. The van der Waals surface area contributed by atoms with Crippen LogP contribution in [0, 0.1) is 17.8 Å². The number of fused-ring (bicyclic) bond motifs is 1. The van der Waals surface area contributed by atoms with Crippen LogP contribution in [0.3, 0.4) is 0 Å². The van der Waals surface area contributed by atoms with E-state index in [0.29, 0.717) is 5.82 Å². The molecule has 174 valence electrons. The van der Waals surface area contributed by atoms with Crippen molar-refractivity contribution in [3.8, 4) is 0 Å². The number of carbonyl (C=O) groups excluding carboxylic acids is 1. The number of piperidine rings is 1. The number of rotatable bonds is 5. The van der Waals surface area contributed by atoms with Crippen molar-refractivity contribution in [1.29, 1.82) is 0 Å². The maximum absolute atomic E-state index is 13.0. The molecule has 5 fully saturated rings. The van der Waals surface area contributed by atoms with Crippen LogP contribution >= 0.6 is 12.4 Å². The molecule has 0 spiro atoms. The molecule has 9 heteroatoms. The zero-order valence-corrected chi connectivity index (χ0v) is 19.4. The van der Waals surface area contributed by atoms with Gasteiger partial charge in [-0.15, -0.1) is 12.4 Å². The van der Waals surface area contributed by atoms with Crippen LogP contribution in [0.5, 0.6) is 0 Å². The molecule has 32 heavy (non-hydrogen) atoms. The van der Waals surface area contributed by atoms with Crippen LogP contribution in [-0.4, -0.2) is 55.9 Å². The molecule has 0 unspecified atom stereocenters. The maximum atomic E-state index is 13.0. The maximum Gasteiger partial charge on any atom is 0.320 e. The Hall–Kier alpha value is -1.93. The Morgan fingerprint density at radius 1 is 1.00 bits per heavy atom. The lowest BCUT2D eigenvalue weighted by atomic mass is 9.53. The van der Waals surface area contributed by atoms with E-state index in [0.717, 1.165) is 61.1 Å². The average Bonchev–Trinajstić information content (AvgIpc) is 3.16. The highest BCUT2D eigenvalue weighted by atomic mass is 35.5. The van der Waals surface area contributed by atoms with Crippen molar-refractivity contribution in [3.05, 3.63) is 12.5 Å². The molecule has 4 saturated carbocycles. The lowest BCUT2D eigenvalue weighted by Crippen LogP contribution is -2.60. The van der Waals surface area contributed by atoms with Gasteiger partial charge >= 0.3 is 6.03 Å². The van der Waals surface area contributed by atoms with E-state index in [2.05, 4.69) is 30.6 Å². The molecule has 3 heterocycles. The molecule has 0 atom stereocenters. The largest absolute Gasteiger partial charge is 0.332 e. The number of carbonyl (C=O) groups is 1. The summed E-state index contributed by atoms with van der Waals surface area (Å²) in [7, 11) is 0. The Balaban J connectivity index is 0.00000216. The lowest BCUT2D eigenvalue weighted by molar-refractivity contribution is -0.0127. The van der Waals surface area contributed by atoms with Gasteiger partial charge in [-0.2, -0.15) is 5.10 Å². The van der Waals surface area contributed by atoms with Crippen LogP contribution in [0.15, 0.2) is 12.5 Å². The summed E-state index contributed by atoms with van der Waals surface area (Å²) in [6.07, 6.45) is 14.7. The van der Waals surface area contributed by atoms with Gasteiger partial charge in [-0.25, -0.2) is 19.4 Å². The number of hydrogen-bond acceptors (Lipinski definition) is 5. The van der Waals surface area contributed by atoms with E-state index in [1.54, 1.807) is 6.20 Å². The summed E-state index contributed by atoms with van der Waals surface area (Å²) in [5, 5.41) is 11.7. The molecule has 2 aromatic heterocycles. The molecule has 1 saturated heterocycles. The van der Waals surface area contributed by atoms with E-state index in [9.17, 15) is 4.79 Å². The molecular formula is C23H34ClN7O. The second-order valence-corrected chi connectivity index (χ2v) is 10.5. The number of anilines is 1. The molecule has 8 nitrogen and oxygen atoms in total. The van der Waals surface area contributed by atoms with Crippen molar-refractivity contribution in [2.24, 2.45) is 17.8 Å². The van der Waals surface area contributed by atoms with Gasteiger partial charge in [0.25, 0.3) is 0 Å². The van der Waals surface area contributed by atoms with Crippen molar-refractivity contribution >= 4 is 35.3 Å². The van der Waals surface area contributed by atoms with Gasteiger partial charge in [0.1, 0.15) is 12.1 Å². The second kappa shape index (κ2) is 8.78. The predicted molar refractivity (Wildman–Crippen MR) is 126 cm³/mol. The summed E-state index contributed by atoms with van der Waals surface area (Å²) in [5.74, 6) is 2.96. The Labute approximate surface area is 195 Å². The number of hydrogen-bond donors (Lipinski definition) is 2. The standard InChI is InChI=1S/C23H33N7O.ClH/c31-22(28-23-11-16-8-17(12-23)10-18(9-16)13-23)27-20-19-14-26-30(21(19)25-15-24-20)7-6-29-4-2-1-3-5-29;/h14-18H,1-13H2,(H2,24,25,27,28,31);1H. The summed E-state index contributed by atoms with van der Waals surface area (Å²) < 4.78 is 1.94. The Bertz CT molecular complexity index is 935. The number of nitrogens with zero attached hydrogens (tertiary/aromatic N) is 5. The van der Waals surface area contributed by atoms with E-state index >= 15 is 0 Å².